The molecule has 0 amide bonds. The van der Waals surface area contributed by atoms with E-state index in [0.29, 0.717) is 15.9 Å². The van der Waals surface area contributed by atoms with Crippen molar-refractivity contribution in [3.8, 4) is 5.88 Å². The SMILES string of the molecule is C1CO1.CC(=O)Oc1cc(C)nn1C(C)c1ccc(Cl)c(Cl)c1. The van der Waals surface area contributed by atoms with Crippen LogP contribution < -0.4 is 4.74 Å². The zero-order valence-corrected chi connectivity index (χ0v) is 14.7. The second-order valence-corrected chi connectivity index (χ2v) is 5.94. The molecular weight excluding hydrogens is 339 g/mol. The van der Waals surface area contributed by atoms with E-state index in [0.717, 1.165) is 24.5 Å². The minimum absolute atomic E-state index is 0.132. The summed E-state index contributed by atoms with van der Waals surface area (Å²) >= 11 is 11.9. The molecule has 1 saturated heterocycles. The van der Waals surface area contributed by atoms with Crippen molar-refractivity contribution in [3.05, 3.63) is 45.6 Å². The molecule has 7 heteroatoms. The molecule has 1 aromatic heterocycles. The van der Waals surface area contributed by atoms with Gasteiger partial charge in [-0.05, 0) is 31.5 Å². The number of esters is 1. The molecule has 1 aliphatic heterocycles. The van der Waals surface area contributed by atoms with Crippen LogP contribution in [0.1, 0.15) is 31.1 Å². The van der Waals surface area contributed by atoms with Crippen LogP contribution in [-0.2, 0) is 9.53 Å². The van der Waals surface area contributed by atoms with Crippen LogP contribution in [0.2, 0.25) is 10.0 Å². The molecule has 5 nitrogen and oxygen atoms in total. The number of aromatic nitrogens is 2. The van der Waals surface area contributed by atoms with E-state index in [9.17, 15) is 4.79 Å². The van der Waals surface area contributed by atoms with Crippen molar-refractivity contribution < 1.29 is 14.3 Å². The summed E-state index contributed by atoms with van der Waals surface area (Å²) in [5.41, 5.74) is 1.70. The lowest BCUT2D eigenvalue weighted by atomic mass is 10.1. The first kappa shape index (κ1) is 17.8. The van der Waals surface area contributed by atoms with Crippen molar-refractivity contribution in [2.45, 2.75) is 26.8 Å². The second kappa shape index (κ2) is 7.81. The molecule has 23 heavy (non-hydrogen) atoms. The Morgan fingerprint density at radius 1 is 1.30 bits per heavy atom. The molecule has 0 radical (unpaired) electrons. The molecule has 2 aromatic rings. The molecular formula is C16H18Cl2N2O3. The fourth-order valence-corrected chi connectivity index (χ4v) is 2.21. The smallest absolute Gasteiger partial charge is 0.309 e. The number of carbonyl (C=O) groups is 1. The van der Waals surface area contributed by atoms with E-state index in [1.54, 1.807) is 22.9 Å². The first-order chi connectivity index (χ1) is 10.9. The van der Waals surface area contributed by atoms with E-state index in [2.05, 4.69) is 9.84 Å². The van der Waals surface area contributed by atoms with Gasteiger partial charge in [0.2, 0.25) is 5.88 Å². The molecule has 1 fully saturated rings. The summed E-state index contributed by atoms with van der Waals surface area (Å²) in [6, 6.07) is 6.97. The van der Waals surface area contributed by atoms with Gasteiger partial charge < -0.3 is 9.47 Å². The van der Waals surface area contributed by atoms with E-state index in [4.69, 9.17) is 27.9 Å². The molecule has 1 unspecified atom stereocenters. The van der Waals surface area contributed by atoms with Crippen LogP contribution >= 0.6 is 23.2 Å². The predicted octanol–water partition coefficient (Wildman–Crippen LogP) is 4.05. The highest BCUT2D eigenvalue weighted by molar-refractivity contribution is 6.42. The second-order valence-electron chi connectivity index (χ2n) is 5.12. The molecule has 1 atom stereocenters. The largest absolute Gasteiger partial charge is 0.408 e. The zero-order chi connectivity index (χ0) is 17.0. The fourth-order valence-electron chi connectivity index (χ4n) is 1.91. The Labute approximate surface area is 145 Å². The summed E-state index contributed by atoms with van der Waals surface area (Å²) in [6.07, 6.45) is 0. The highest BCUT2D eigenvalue weighted by Gasteiger charge is 2.17. The number of benzene rings is 1. The predicted molar refractivity (Wildman–Crippen MR) is 89.4 cm³/mol. The molecule has 1 aromatic carbocycles. The fraction of sp³-hybridized carbons (Fsp3) is 0.375. The monoisotopic (exact) mass is 356 g/mol. The standard InChI is InChI=1S/C14H14Cl2N2O2.C2H4O/c1-8-6-14(20-10(3)19)18(17-8)9(2)11-4-5-12(15)13(16)7-11;1-2-3-1/h4-7,9H,1-3H3;1-2H2. The molecule has 0 spiro atoms. The van der Waals surface area contributed by atoms with Crippen LogP contribution in [0, 0.1) is 6.92 Å². The van der Waals surface area contributed by atoms with E-state index in [1.165, 1.54) is 6.92 Å². The van der Waals surface area contributed by atoms with E-state index in [1.807, 2.05) is 19.9 Å². The van der Waals surface area contributed by atoms with Gasteiger partial charge in [-0.2, -0.15) is 5.10 Å². The minimum Gasteiger partial charge on any atom is -0.408 e. The summed E-state index contributed by atoms with van der Waals surface area (Å²) in [4.78, 5) is 11.1. The van der Waals surface area contributed by atoms with Gasteiger partial charge in [0.1, 0.15) is 0 Å². The summed E-state index contributed by atoms with van der Waals surface area (Å²) in [5, 5.41) is 5.34. The van der Waals surface area contributed by atoms with Gasteiger partial charge in [-0.15, -0.1) is 0 Å². The van der Waals surface area contributed by atoms with Crippen LogP contribution in [0.5, 0.6) is 5.88 Å². The Kier molecular flexibility index (Phi) is 6.04. The first-order valence-corrected chi connectivity index (χ1v) is 7.91. The lowest BCUT2D eigenvalue weighted by Crippen LogP contribution is -2.13. The van der Waals surface area contributed by atoms with Gasteiger partial charge in [0.25, 0.3) is 0 Å². The number of rotatable bonds is 3. The zero-order valence-electron chi connectivity index (χ0n) is 13.2. The maximum atomic E-state index is 11.1. The summed E-state index contributed by atoms with van der Waals surface area (Å²) in [7, 11) is 0. The van der Waals surface area contributed by atoms with Gasteiger partial charge >= 0.3 is 5.97 Å². The van der Waals surface area contributed by atoms with Crippen molar-refractivity contribution in [3.63, 3.8) is 0 Å². The van der Waals surface area contributed by atoms with Gasteiger partial charge in [-0.1, -0.05) is 29.3 Å². The van der Waals surface area contributed by atoms with Gasteiger partial charge in [-0.25, -0.2) is 4.68 Å². The third-order valence-electron chi connectivity index (χ3n) is 3.07. The van der Waals surface area contributed by atoms with Gasteiger partial charge in [0.15, 0.2) is 0 Å². The van der Waals surface area contributed by atoms with Gasteiger partial charge in [0.05, 0.1) is 35.0 Å². The van der Waals surface area contributed by atoms with E-state index >= 15 is 0 Å². The third-order valence-corrected chi connectivity index (χ3v) is 3.81. The Balaban J connectivity index is 0.000000572. The molecule has 3 rings (SSSR count). The Hall–Kier alpha value is -1.56. The number of carbonyl (C=O) groups excluding carboxylic acids is 1. The molecule has 0 aliphatic carbocycles. The van der Waals surface area contributed by atoms with E-state index < -0.39 is 0 Å². The Morgan fingerprint density at radius 2 is 1.96 bits per heavy atom. The number of aryl methyl sites for hydroxylation is 1. The lowest BCUT2D eigenvalue weighted by molar-refractivity contribution is -0.132. The van der Waals surface area contributed by atoms with Crippen molar-refractivity contribution in [2.75, 3.05) is 13.2 Å². The number of epoxide rings is 1. The van der Waals surface area contributed by atoms with Crippen LogP contribution in [0.4, 0.5) is 0 Å². The quantitative estimate of drug-likeness (QED) is 0.614. The van der Waals surface area contributed by atoms with Gasteiger partial charge in [0, 0.05) is 13.0 Å². The van der Waals surface area contributed by atoms with Crippen molar-refractivity contribution >= 4 is 29.2 Å². The summed E-state index contributed by atoms with van der Waals surface area (Å²) in [6.45, 7) is 7.14. The summed E-state index contributed by atoms with van der Waals surface area (Å²) < 4.78 is 11.3. The van der Waals surface area contributed by atoms with Crippen LogP contribution in [0.25, 0.3) is 0 Å². The van der Waals surface area contributed by atoms with E-state index in [-0.39, 0.29) is 12.0 Å². The topological polar surface area (TPSA) is 56.6 Å². The molecule has 0 N–H and O–H groups in total. The van der Waals surface area contributed by atoms with Crippen molar-refractivity contribution in [2.24, 2.45) is 0 Å². The van der Waals surface area contributed by atoms with Crippen molar-refractivity contribution in [1.82, 2.24) is 9.78 Å². The Morgan fingerprint density at radius 3 is 2.48 bits per heavy atom. The molecule has 0 bridgehead atoms. The minimum atomic E-state index is -0.382. The number of nitrogens with zero attached hydrogens (tertiary/aromatic N) is 2. The number of ether oxygens (including phenoxy) is 2. The number of hydrogen-bond acceptors (Lipinski definition) is 4. The highest BCUT2D eigenvalue weighted by atomic mass is 35.5. The molecule has 124 valence electrons. The first-order valence-electron chi connectivity index (χ1n) is 7.15. The lowest BCUT2D eigenvalue weighted by Gasteiger charge is -2.16. The molecule has 1 aliphatic rings. The molecule has 0 saturated carbocycles. The maximum Gasteiger partial charge on any atom is 0.309 e. The normalized spacial score (nSPS) is 13.8. The highest BCUT2D eigenvalue weighted by Crippen LogP contribution is 2.29. The average molecular weight is 357 g/mol. The van der Waals surface area contributed by atoms with Crippen molar-refractivity contribution in [1.29, 1.82) is 0 Å². The van der Waals surface area contributed by atoms with Crippen LogP contribution in [0.15, 0.2) is 24.3 Å². The Bertz CT molecular complexity index is 696. The van der Waals surface area contributed by atoms with Gasteiger partial charge in [-0.3, -0.25) is 4.79 Å². The summed E-state index contributed by atoms with van der Waals surface area (Å²) in [5.74, 6) is 0.0288. The van der Waals surface area contributed by atoms with Crippen LogP contribution in [-0.4, -0.2) is 29.0 Å². The number of halogens is 2. The van der Waals surface area contributed by atoms with Crippen LogP contribution in [0.3, 0.4) is 0 Å². The third kappa shape index (κ3) is 5.23. The number of hydrogen-bond donors (Lipinski definition) is 0. The average Bonchev–Trinajstić information content (AvgIpc) is 3.31. The molecule has 2 heterocycles. The maximum absolute atomic E-state index is 11.1.